The van der Waals surface area contributed by atoms with Crippen LogP contribution in [0.25, 0.3) is 0 Å². The van der Waals surface area contributed by atoms with E-state index in [-0.39, 0.29) is 13.0 Å². The normalized spacial score (nSPS) is 11.4. The zero-order valence-electron chi connectivity index (χ0n) is 10.3. The average molecular weight is 263 g/mol. The highest BCUT2D eigenvalue weighted by Crippen LogP contribution is 2.22. The molecule has 0 saturated carbocycles. The summed E-state index contributed by atoms with van der Waals surface area (Å²) < 4.78 is 41.1. The molecular formula is C11H16F3N3O. The van der Waals surface area contributed by atoms with Gasteiger partial charge in [-0.05, 0) is 20.3 Å². The van der Waals surface area contributed by atoms with E-state index < -0.39 is 12.6 Å². The molecule has 1 aromatic heterocycles. The zero-order valence-corrected chi connectivity index (χ0v) is 10.3. The van der Waals surface area contributed by atoms with E-state index in [4.69, 9.17) is 4.74 Å². The molecular weight excluding hydrogens is 247 g/mol. The third-order valence-electron chi connectivity index (χ3n) is 2.25. The molecule has 4 nitrogen and oxygen atoms in total. The summed E-state index contributed by atoms with van der Waals surface area (Å²) in [5, 5.41) is 2.85. The monoisotopic (exact) mass is 263 g/mol. The lowest BCUT2D eigenvalue weighted by Crippen LogP contribution is -2.12. The summed E-state index contributed by atoms with van der Waals surface area (Å²) in [4.78, 5) is 7.91. The fourth-order valence-electron chi connectivity index (χ4n) is 1.39. The molecule has 0 atom stereocenters. The number of ether oxygens (including phenoxy) is 1. The first-order valence-corrected chi connectivity index (χ1v) is 5.69. The van der Waals surface area contributed by atoms with Gasteiger partial charge in [0.25, 0.3) is 0 Å². The molecule has 1 heterocycles. The van der Waals surface area contributed by atoms with E-state index in [9.17, 15) is 13.2 Å². The van der Waals surface area contributed by atoms with Gasteiger partial charge in [0.15, 0.2) is 0 Å². The Morgan fingerprint density at radius 2 is 2.06 bits per heavy atom. The maximum Gasteiger partial charge on any atom is 0.389 e. The molecule has 0 radical (unpaired) electrons. The minimum absolute atomic E-state index is 0.0108. The van der Waals surface area contributed by atoms with Gasteiger partial charge in [-0.3, -0.25) is 0 Å². The first-order valence-electron chi connectivity index (χ1n) is 5.69. The molecule has 0 aliphatic carbocycles. The van der Waals surface area contributed by atoms with Crippen LogP contribution < -0.4 is 10.1 Å². The van der Waals surface area contributed by atoms with Crippen LogP contribution >= 0.6 is 0 Å². The number of anilines is 1. The van der Waals surface area contributed by atoms with Crippen LogP contribution in [0, 0.1) is 6.92 Å². The van der Waals surface area contributed by atoms with E-state index in [2.05, 4.69) is 15.3 Å². The molecule has 0 bridgehead atoms. The van der Waals surface area contributed by atoms with E-state index in [1.165, 1.54) is 6.33 Å². The number of nitrogens with one attached hydrogen (secondary N) is 1. The Balaban J connectivity index is 2.50. The third-order valence-corrected chi connectivity index (χ3v) is 2.25. The van der Waals surface area contributed by atoms with Crippen molar-refractivity contribution < 1.29 is 17.9 Å². The summed E-state index contributed by atoms with van der Waals surface area (Å²) in [5.41, 5.74) is 0.700. The van der Waals surface area contributed by atoms with Crippen molar-refractivity contribution in [2.24, 2.45) is 0 Å². The predicted molar refractivity (Wildman–Crippen MR) is 61.7 cm³/mol. The second-order valence-corrected chi connectivity index (χ2v) is 3.73. The molecule has 0 unspecified atom stereocenters. The molecule has 0 fully saturated rings. The van der Waals surface area contributed by atoms with E-state index in [0.29, 0.717) is 23.9 Å². The SMILES string of the molecule is CCOc1ncnc(NCCCC(F)(F)F)c1C. The zero-order chi connectivity index (χ0) is 13.6. The number of aromatic nitrogens is 2. The van der Waals surface area contributed by atoms with Crippen molar-refractivity contribution >= 4 is 5.82 Å². The average Bonchev–Trinajstić information content (AvgIpc) is 2.28. The van der Waals surface area contributed by atoms with Crippen LogP contribution in [0.4, 0.5) is 19.0 Å². The number of nitrogens with zero attached hydrogens (tertiary/aromatic N) is 2. The minimum atomic E-state index is -4.11. The van der Waals surface area contributed by atoms with Crippen molar-refractivity contribution in [3.8, 4) is 5.88 Å². The van der Waals surface area contributed by atoms with Crippen molar-refractivity contribution in [3.05, 3.63) is 11.9 Å². The van der Waals surface area contributed by atoms with Crippen molar-refractivity contribution in [1.82, 2.24) is 9.97 Å². The van der Waals surface area contributed by atoms with Crippen LogP contribution in [0.1, 0.15) is 25.3 Å². The lowest BCUT2D eigenvalue weighted by Gasteiger charge is -2.11. The van der Waals surface area contributed by atoms with Gasteiger partial charge in [0.1, 0.15) is 12.1 Å². The van der Waals surface area contributed by atoms with Gasteiger partial charge in [-0.25, -0.2) is 9.97 Å². The Bertz CT molecular complexity index is 382. The number of hydrogen-bond acceptors (Lipinski definition) is 4. The molecule has 0 aliphatic rings. The van der Waals surface area contributed by atoms with Gasteiger partial charge in [-0.15, -0.1) is 0 Å². The lowest BCUT2D eigenvalue weighted by molar-refractivity contribution is -0.134. The van der Waals surface area contributed by atoms with E-state index >= 15 is 0 Å². The molecule has 1 N–H and O–H groups in total. The van der Waals surface area contributed by atoms with Gasteiger partial charge in [0, 0.05) is 13.0 Å². The second kappa shape index (κ2) is 6.42. The van der Waals surface area contributed by atoms with Crippen molar-refractivity contribution in [2.75, 3.05) is 18.5 Å². The Morgan fingerprint density at radius 3 is 2.67 bits per heavy atom. The van der Waals surface area contributed by atoms with Crippen molar-refractivity contribution in [3.63, 3.8) is 0 Å². The number of rotatable bonds is 6. The van der Waals surface area contributed by atoms with Crippen molar-refractivity contribution in [2.45, 2.75) is 32.9 Å². The summed E-state index contributed by atoms with van der Waals surface area (Å²) in [6.45, 7) is 4.28. The summed E-state index contributed by atoms with van der Waals surface area (Å²) in [7, 11) is 0. The van der Waals surface area contributed by atoms with E-state index in [0.717, 1.165) is 0 Å². The highest BCUT2D eigenvalue weighted by Gasteiger charge is 2.25. The van der Waals surface area contributed by atoms with Crippen LogP contribution in [0.5, 0.6) is 5.88 Å². The van der Waals surface area contributed by atoms with Crippen molar-refractivity contribution in [1.29, 1.82) is 0 Å². The molecule has 0 aromatic carbocycles. The quantitative estimate of drug-likeness (QED) is 0.802. The largest absolute Gasteiger partial charge is 0.478 e. The van der Waals surface area contributed by atoms with Gasteiger partial charge >= 0.3 is 6.18 Å². The van der Waals surface area contributed by atoms with Crippen LogP contribution in [-0.2, 0) is 0 Å². The van der Waals surface area contributed by atoms with Crippen LogP contribution in [0.15, 0.2) is 6.33 Å². The Morgan fingerprint density at radius 1 is 1.33 bits per heavy atom. The molecule has 7 heteroatoms. The Kier molecular flexibility index (Phi) is 5.18. The maximum absolute atomic E-state index is 12.0. The second-order valence-electron chi connectivity index (χ2n) is 3.73. The number of halogens is 3. The summed E-state index contributed by atoms with van der Waals surface area (Å²) in [5.74, 6) is 0.960. The summed E-state index contributed by atoms with van der Waals surface area (Å²) in [6, 6.07) is 0. The number of hydrogen-bond donors (Lipinski definition) is 1. The van der Waals surface area contributed by atoms with Gasteiger partial charge in [0.05, 0.1) is 12.2 Å². The Hall–Kier alpha value is -1.53. The van der Waals surface area contributed by atoms with Gasteiger partial charge in [0.2, 0.25) is 5.88 Å². The molecule has 102 valence electrons. The molecule has 0 aliphatic heterocycles. The molecule has 0 amide bonds. The van der Waals surface area contributed by atoms with Crippen LogP contribution in [-0.4, -0.2) is 29.3 Å². The minimum Gasteiger partial charge on any atom is -0.478 e. The molecule has 1 aromatic rings. The molecule has 1 rings (SSSR count). The van der Waals surface area contributed by atoms with Crippen LogP contribution in [0.2, 0.25) is 0 Å². The molecule has 0 saturated heterocycles. The highest BCUT2D eigenvalue weighted by molar-refractivity contribution is 5.47. The fraction of sp³-hybridized carbons (Fsp3) is 0.636. The van der Waals surface area contributed by atoms with E-state index in [1.54, 1.807) is 6.92 Å². The smallest absolute Gasteiger partial charge is 0.389 e. The predicted octanol–water partition coefficient (Wildman–Crippen LogP) is 2.94. The van der Waals surface area contributed by atoms with Gasteiger partial charge in [-0.1, -0.05) is 0 Å². The highest BCUT2D eigenvalue weighted by atomic mass is 19.4. The number of alkyl halides is 3. The molecule has 0 spiro atoms. The maximum atomic E-state index is 12.0. The summed E-state index contributed by atoms with van der Waals surface area (Å²) >= 11 is 0. The van der Waals surface area contributed by atoms with Gasteiger partial charge < -0.3 is 10.1 Å². The first kappa shape index (κ1) is 14.5. The Labute approximate surface area is 104 Å². The third kappa shape index (κ3) is 4.77. The first-order chi connectivity index (χ1) is 8.44. The lowest BCUT2D eigenvalue weighted by atomic mass is 10.3. The standard InChI is InChI=1S/C11H16F3N3O/c1-3-18-10-8(2)9(16-7-17-10)15-6-4-5-11(12,13)14/h7H,3-6H2,1-2H3,(H,15,16,17). The molecule has 18 heavy (non-hydrogen) atoms. The summed E-state index contributed by atoms with van der Waals surface area (Å²) in [6.07, 6.45) is -3.58. The fourth-order valence-corrected chi connectivity index (χ4v) is 1.39. The van der Waals surface area contributed by atoms with E-state index in [1.807, 2.05) is 6.92 Å². The van der Waals surface area contributed by atoms with Crippen LogP contribution in [0.3, 0.4) is 0 Å². The topological polar surface area (TPSA) is 47.0 Å². The van der Waals surface area contributed by atoms with Gasteiger partial charge in [-0.2, -0.15) is 13.2 Å².